The van der Waals surface area contributed by atoms with Crippen molar-refractivity contribution in [3.05, 3.63) is 89.9 Å². The van der Waals surface area contributed by atoms with Gasteiger partial charge in [0, 0.05) is 28.9 Å². The first-order valence-corrected chi connectivity index (χ1v) is 11.1. The lowest BCUT2D eigenvalue weighted by Gasteiger charge is -2.12. The van der Waals surface area contributed by atoms with Gasteiger partial charge in [-0.15, -0.1) is 0 Å². The zero-order valence-corrected chi connectivity index (χ0v) is 18.1. The van der Waals surface area contributed by atoms with E-state index in [0.29, 0.717) is 28.0 Å². The molecule has 33 heavy (non-hydrogen) atoms. The quantitative estimate of drug-likeness (QED) is 0.438. The van der Waals surface area contributed by atoms with Gasteiger partial charge in [-0.2, -0.15) is 0 Å². The van der Waals surface area contributed by atoms with Gasteiger partial charge in [-0.25, -0.2) is 18.2 Å². The van der Waals surface area contributed by atoms with Crippen molar-refractivity contribution in [1.82, 2.24) is 9.97 Å². The van der Waals surface area contributed by atoms with Gasteiger partial charge in [-0.1, -0.05) is 30.0 Å². The number of hydrogen-bond acceptors (Lipinski definition) is 6. The highest BCUT2D eigenvalue weighted by molar-refractivity contribution is 7.93. The van der Waals surface area contributed by atoms with Crippen molar-refractivity contribution >= 4 is 32.6 Å². The molecule has 0 unspecified atom stereocenters. The molecule has 2 heterocycles. The first-order valence-electron chi connectivity index (χ1n) is 9.64. The lowest BCUT2D eigenvalue weighted by Crippen LogP contribution is -2.14. The predicted molar refractivity (Wildman–Crippen MR) is 123 cm³/mol. The van der Waals surface area contributed by atoms with E-state index < -0.39 is 16.0 Å². The van der Waals surface area contributed by atoms with Crippen LogP contribution in [-0.2, 0) is 10.0 Å². The van der Waals surface area contributed by atoms with E-state index in [1.165, 1.54) is 37.7 Å². The monoisotopic (exact) mass is 459 g/mol. The van der Waals surface area contributed by atoms with Crippen molar-refractivity contribution in [1.29, 1.82) is 0 Å². The SMILES string of the molecule is COc1ccnc2c(S(=O)(=O)Nc3ccccc3C#Cc3ccc(C(=O)O)nc3)cccc12. The highest BCUT2D eigenvalue weighted by Gasteiger charge is 2.20. The van der Waals surface area contributed by atoms with Crippen LogP contribution >= 0.6 is 0 Å². The van der Waals surface area contributed by atoms with E-state index in [2.05, 4.69) is 26.5 Å². The van der Waals surface area contributed by atoms with E-state index in [1.807, 2.05) is 0 Å². The average Bonchev–Trinajstić information content (AvgIpc) is 2.82. The largest absolute Gasteiger partial charge is 0.496 e. The van der Waals surface area contributed by atoms with Crippen LogP contribution in [0, 0.1) is 11.8 Å². The maximum Gasteiger partial charge on any atom is 0.354 e. The summed E-state index contributed by atoms with van der Waals surface area (Å²) < 4.78 is 34.4. The van der Waals surface area contributed by atoms with Crippen LogP contribution in [0.5, 0.6) is 5.75 Å². The molecule has 8 nitrogen and oxygen atoms in total. The molecular weight excluding hydrogens is 442 g/mol. The van der Waals surface area contributed by atoms with Gasteiger partial charge < -0.3 is 9.84 Å². The summed E-state index contributed by atoms with van der Waals surface area (Å²) in [5.74, 6) is 5.17. The summed E-state index contributed by atoms with van der Waals surface area (Å²) in [6.07, 6.45) is 2.83. The number of hydrogen-bond donors (Lipinski definition) is 2. The van der Waals surface area contributed by atoms with Crippen LogP contribution in [0.1, 0.15) is 21.6 Å². The summed E-state index contributed by atoms with van der Waals surface area (Å²) in [5.41, 5.74) is 1.42. The summed E-state index contributed by atoms with van der Waals surface area (Å²) in [5, 5.41) is 9.52. The maximum absolute atomic E-state index is 13.2. The third-order valence-electron chi connectivity index (χ3n) is 4.70. The zero-order valence-electron chi connectivity index (χ0n) is 17.3. The van der Waals surface area contributed by atoms with Crippen molar-refractivity contribution in [3.63, 3.8) is 0 Å². The third kappa shape index (κ3) is 4.61. The van der Waals surface area contributed by atoms with Crippen LogP contribution in [0.25, 0.3) is 10.9 Å². The molecule has 0 radical (unpaired) electrons. The van der Waals surface area contributed by atoms with E-state index >= 15 is 0 Å². The van der Waals surface area contributed by atoms with Crippen molar-refractivity contribution in [2.24, 2.45) is 0 Å². The van der Waals surface area contributed by atoms with E-state index in [0.717, 1.165) is 0 Å². The number of pyridine rings is 2. The molecule has 2 aromatic carbocycles. The molecule has 0 fully saturated rings. The van der Waals surface area contributed by atoms with E-state index in [-0.39, 0.29) is 16.1 Å². The minimum atomic E-state index is -4.00. The topological polar surface area (TPSA) is 118 Å². The molecule has 0 aliphatic carbocycles. The van der Waals surface area contributed by atoms with Gasteiger partial charge in [-0.05, 0) is 42.5 Å². The Hall–Kier alpha value is -4.42. The normalized spacial score (nSPS) is 10.8. The number of anilines is 1. The van der Waals surface area contributed by atoms with Crippen LogP contribution in [0.4, 0.5) is 5.69 Å². The van der Waals surface area contributed by atoms with Gasteiger partial charge in [0.05, 0.1) is 18.3 Å². The number of aromatic nitrogens is 2. The fraction of sp³-hybridized carbons (Fsp3) is 0.0417. The third-order valence-corrected chi connectivity index (χ3v) is 6.10. The summed E-state index contributed by atoms with van der Waals surface area (Å²) in [6, 6.07) is 16.1. The molecule has 2 N–H and O–H groups in total. The number of aromatic carboxylic acids is 1. The Kier molecular flexibility index (Phi) is 5.93. The van der Waals surface area contributed by atoms with Crippen LogP contribution in [-0.4, -0.2) is 36.6 Å². The van der Waals surface area contributed by atoms with Crippen molar-refractivity contribution in [2.75, 3.05) is 11.8 Å². The zero-order chi connectivity index (χ0) is 23.4. The molecule has 0 amide bonds. The standard InChI is InChI=1S/C24H17N3O5S/c1-32-21-13-14-25-23-18(21)6-4-8-22(23)33(30,31)27-19-7-3-2-5-17(19)11-9-16-10-12-20(24(28)29)26-15-16/h2-8,10,12-15,27H,1H3,(H,28,29). The van der Waals surface area contributed by atoms with Gasteiger partial charge in [-0.3, -0.25) is 9.71 Å². The van der Waals surface area contributed by atoms with E-state index in [4.69, 9.17) is 9.84 Å². The number of carboxylic acids is 1. The smallest absolute Gasteiger partial charge is 0.354 e. The van der Waals surface area contributed by atoms with Crippen molar-refractivity contribution in [3.8, 4) is 17.6 Å². The lowest BCUT2D eigenvalue weighted by molar-refractivity contribution is 0.0690. The Morgan fingerprint density at radius 1 is 1.00 bits per heavy atom. The molecule has 2 aromatic heterocycles. The van der Waals surface area contributed by atoms with Gasteiger partial charge in [0.15, 0.2) is 0 Å². The minimum Gasteiger partial charge on any atom is -0.496 e. The minimum absolute atomic E-state index is 0.00937. The molecule has 0 spiro atoms. The number of nitrogens with zero attached hydrogens (tertiary/aromatic N) is 2. The second-order valence-corrected chi connectivity index (χ2v) is 8.45. The Morgan fingerprint density at radius 2 is 1.82 bits per heavy atom. The molecule has 4 rings (SSSR count). The highest BCUT2D eigenvalue weighted by Crippen LogP contribution is 2.29. The Morgan fingerprint density at radius 3 is 2.55 bits per heavy atom. The Labute approximate surface area is 190 Å². The lowest BCUT2D eigenvalue weighted by atomic mass is 10.1. The average molecular weight is 459 g/mol. The Balaban J connectivity index is 1.69. The fourth-order valence-corrected chi connectivity index (χ4v) is 4.39. The first kappa shape index (κ1) is 21.8. The van der Waals surface area contributed by atoms with Crippen LogP contribution in [0.15, 0.2) is 78.0 Å². The van der Waals surface area contributed by atoms with Crippen LogP contribution in [0.2, 0.25) is 0 Å². The summed E-state index contributed by atoms with van der Waals surface area (Å²) in [4.78, 5) is 19.0. The Bertz CT molecular complexity index is 1520. The molecule has 0 saturated heterocycles. The number of methoxy groups -OCH3 is 1. The second kappa shape index (κ2) is 8.98. The number of rotatable bonds is 5. The molecular formula is C24H17N3O5S. The molecule has 164 valence electrons. The second-order valence-electron chi connectivity index (χ2n) is 6.80. The molecule has 9 heteroatoms. The summed E-state index contributed by atoms with van der Waals surface area (Å²) >= 11 is 0. The molecule has 0 aliphatic heterocycles. The predicted octanol–water partition coefficient (Wildman–Crippen LogP) is 3.54. The van der Waals surface area contributed by atoms with E-state index in [9.17, 15) is 13.2 Å². The summed E-state index contributed by atoms with van der Waals surface area (Å²) in [7, 11) is -2.49. The number of carbonyl (C=O) groups is 1. The van der Waals surface area contributed by atoms with Gasteiger partial charge >= 0.3 is 5.97 Å². The highest BCUT2D eigenvalue weighted by atomic mass is 32.2. The molecule has 0 saturated carbocycles. The molecule has 4 aromatic rings. The number of sulfonamides is 1. The number of carboxylic acid groups (broad SMARTS) is 1. The summed E-state index contributed by atoms with van der Waals surface area (Å²) in [6.45, 7) is 0. The van der Waals surface area contributed by atoms with Crippen LogP contribution in [0.3, 0.4) is 0 Å². The fourth-order valence-electron chi connectivity index (χ4n) is 3.13. The van der Waals surface area contributed by atoms with Gasteiger partial charge in [0.25, 0.3) is 10.0 Å². The van der Waals surface area contributed by atoms with Gasteiger partial charge in [0.2, 0.25) is 0 Å². The molecule has 0 aliphatic rings. The molecule has 0 bridgehead atoms. The number of ether oxygens (including phenoxy) is 1. The number of fused-ring (bicyclic) bond motifs is 1. The first-order chi connectivity index (χ1) is 15.9. The van der Waals surface area contributed by atoms with Crippen molar-refractivity contribution < 1.29 is 23.1 Å². The maximum atomic E-state index is 13.2. The van der Waals surface area contributed by atoms with Gasteiger partial charge in [0.1, 0.15) is 16.3 Å². The van der Waals surface area contributed by atoms with Crippen LogP contribution < -0.4 is 9.46 Å². The molecule has 0 atom stereocenters. The van der Waals surface area contributed by atoms with E-state index in [1.54, 1.807) is 42.5 Å². The number of benzene rings is 2. The number of para-hydroxylation sites is 2. The number of nitrogens with one attached hydrogen (secondary N) is 1. The van der Waals surface area contributed by atoms with Crippen molar-refractivity contribution in [2.45, 2.75) is 4.90 Å².